The van der Waals surface area contributed by atoms with Crippen LogP contribution in [0.15, 0.2) is 41.8 Å². The summed E-state index contributed by atoms with van der Waals surface area (Å²) in [5.41, 5.74) is 3.15. The van der Waals surface area contributed by atoms with E-state index >= 15 is 0 Å². The largest absolute Gasteiger partial charge is 0.394 e. The number of hydrogen-bond acceptors (Lipinski definition) is 12. The molecule has 200 valence electrons. The number of ether oxygens (including phenoxy) is 1. The molecule has 39 heavy (non-hydrogen) atoms. The maximum Gasteiger partial charge on any atom is 0.169 e. The normalized spacial score (nSPS) is 24.7. The summed E-state index contributed by atoms with van der Waals surface area (Å²) < 4.78 is 7.37. The summed E-state index contributed by atoms with van der Waals surface area (Å²) in [5.74, 6) is 1.25. The Bertz CT molecular complexity index is 1720. The molecule has 5 heterocycles. The minimum atomic E-state index is -1.47. The zero-order valence-corrected chi connectivity index (χ0v) is 22.3. The summed E-state index contributed by atoms with van der Waals surface area (Å²) in [5, 5.41) is 47.1. The Morgan fingerprint density at radius 3 is 2.77 bits per heavy atom. The van der Waals surface area contributed by atoms with Crippen LogP contribution in [-0.4, -0.2) is 86.6 Å². The third kappa shape index (κ3) is 3.96. The molecular weight excluding hydrogens is 540 g/mol. The Hall–Kier alpha value is -3.04. The fraction of sp³-hybridized carbons (Fsp3) is 0.346. The minimum Gasteiger partial charge on any atom is -0.394 e. The molecule has 11 nitrogen and oxygen atoms in total. The summed E-state index contributed by atoms with van der Waals surface area (Å²) in [6.07, 6.45) is -0.352. The van der Waals surface area contributed by atoms with Gasteiger partial charge in [-0.25, -0.2) is 19.9 Å². The van der Waals surface area contributed by atoms with Gasteiger partial charge >= 0.3 is 0 Å². The quantitative estimate of drug-likeness (QED) is 0.236. The maximum absolute atomic E-state index is 10.5. The van der Waals surface area contributed by atoms with Crippen molar-refractivity contribution in [2.75, 3.05) is 6.61 Å². The van der Waals surface area contributed by atoms with Gasteiger partial charge in [0.1, 0.15) is 51.9 Å². The van der Waals surface area contributed by atoms with Gasteiger partial charge in [0, 0.05) is 10.4 Å². The van der Waals surface area contributed by atoms with E-state index in [4.69, 9.17) is 14.7 Å². The first-order chi connectivity index (χ1) is 18.9. The van der Waals surface area contributed by atoms with Gasteiger partial charge in [-0.15, -0.1) is 11.3 Å². The van der Waals surface area contributed by atoms with Gasteiger partial charge in [0.05, 0.1) is 23.6 Å². The molecule has 1 fully saturated rings. The minimum absolute atomic E-state index is 0.468. The summed E-state index contributed by atoms with van der Waals surface area (Å²) in [7, 11) is 0. The molecule has 1 aliphatic carbocycles. The number of hydrogen-bond donors (Lipinski definition) is 4. The van der Waals surface area contributed by atoms with E-state index < -0.39 is 36.5 Å². The lowest BCUT2D eigenvalue weighted by atomic mass is 9.89. The van der Waals surface area contributed by atoms with E-state index in [2.05, 4.69) is 33.3 Å². The van der Waals surface area contributed by atoms with Crippen molar-refractivity contribution in [2.45, 2.75) is 54.6 Å². The van der Waals surface area contributed by atoms with Gasteiger partial charge in [-0.05, 0) is 30.9 Å². The number of thiophene rings is 1. The summed E-state index contributed by atoms with van der Waals surface area (Å²) >= 11 is 2.75. The molecule has 2 aliphatic rings. The van der Waals surface area contributed by atoms with E-state index in [1.807, 2.05) is 13.0 Å². The fourth-order valence-corrected chi connectivity index (χ4v) is 7.65. The predicted molar refractivity (Wildman–Crippen MR) is 145 cm³/mol. The third-order valence-electron chi connectivity index (χ3n) is 7.23. The lowest BCUT2D eigenvalue weighted by molar-refractivity contribution is -0.205. The van der Waals surface area contributed by atoms with E-state index in [0.717, 1.165) is 40.4 Å². The van der Waals surface area contributed by atoms with Crippen LogP contribution in [0.25, 0.3) is 38.2 Å². The highest BCUT2D eigenvalue weighted by atomic mass is 32.2. The van der Waals surface area contributed by atoms with Crippen LogP contribution in [0.3, 0.4) is 0 Å². The van der Waals surface area contributed by atoms with E-state index in [1.165, 1.54) is 22.3 Å². The summed E-state index contributed by atoms with van der Waals surface area (Å²) in [4.78, 5) is 20.6. The van der Waals surface area contributed by atoms with Crippen molar-refractivity contribution in [3.8, 4) is 16.9 Å². The van der Waals surface area contributed by atoms with E-state index in [9.17, 15) is 20.4 Å². The van der Waals surface area contributed by atoms with Crippen LogP contribution < -0.4 is 0 Å². The Kier molecular flexibility index (Phi) is 6.12. The molecule has 0 amide bonds. The van der Waals surface area contributed by atoms with Crippen molar-refractivity contribution < 1.29 is 25.2 Å². The molecule has 5 aromatic rings. The average Bonchev–Trinajstić information content (AvgIpc) is 3.55. The second-order valence-corrected chi connectivity index (χ2v) is 11.8. The van der Waals surface area contributed by atoms with Gasteiger partial charge < -0.3 is 25.2 Å². The molecule has 1 saturated heterocycles. The summed E-state index contributed by atoms with van der Waals surface area (Å²) in [6, 6.07) is 8.41. The molecule has 4 N–H and O–H groups in total. The van der Waals surface area contributed by atoms with Crippen LogP contribution in [0.5, 0.6) is 0 Å². The molecule has 1 aromatic carbocycles. The monoisotopic (exact) mass is 564 g/mol. The van der Waals surface area contributed by atoms with Crippen molar-refractivity contribution in [3.05, 3.63) is 53.1 Å². The number of aromatic nitrogens is 6. The molecule has 13 heteroatoms. The first-order valence-corrected chi connectivity index (χ1v) is 14.2. The number of aliphatic hydroxyl groups excluding tert-OH is 4. The van der Waals surface area contributed by atoms with Gasteiger partial charge in [-0.2, -0.15) is 9.78 Å². The first kappa shape index (κ1) is 25.0. The van der Waals surface area contributed by atoms with E-state index in [1.54, 1.807) is 22.2 Å². The second kappa shape index (κ2) is 9.55. The number of fused-ring (bicyclic) bond motifs is 6. The fourth-order valence-electron chi connectivity index (χ4n) is 5.32. The van der Waals surface area contributed by atoms with Crippen molar-refractivity contribution in [1.82, 2.24) is 29.7 Å². The molecule has 5 atom stereocenters. The lowest BCUT2D eigenvalue weighted by Gasteiger charge is -2.39. The van der Waals surface area contributed by atoms with Crippen LogP contribution in [0.4, 0.5) is 0 Å². The number of aliphatic hydroxyl groups is 4. The van der Waals surface area contributed by atoms with Gasteiger partial charge in [0.15, 0.2) is 11.5 Å². The van der Waals surface area contributed by atoms with Gasteiger partial charge in [0.25, 0.3) is 0 Å². The van der Waals surface area contributed by atoms with E-state index in [0.29, 0.717) is 27.7 Å². The zero-order valence-electron chi connectivity index (χ0n) is 20.7. The van der Waals surface area contributed by atoms with Crippen LogP contribution in [0.1, 0.15) is 16.3 Å². The van der Waals surface area contributed by atoms with Gasteiger partial charge in [0.2, 0.25) is 0 Å². The van der Waals surface area contributed by atoms with Crippen molar-refractivity contribution in [1.29, 1.82) is 0 Å². The van der Waals surface area contributed by atoms with Crippen molar-refractivity contribution in [3.63, 3.8) is 0 Å². The van der Waals surface area contributed by atoms with Crippen LogP contribution in [-0.2, 0) is 17.6 Å². The Balaban J connectivity index is 1.35. The SMILES string of the molecule is Cc1nc(-n2ncc3c(S[C@@H]4O[C@H](CO)[C@@H](O)[C@H](O)[C@H]4O)ncnc32)c2c3c(sc2n1)CCc1ccccc1-3. The Labute approximate surface area is 230 Å². The average molecular weight is 565 g/mol. The highest BCUT2D eigenvalue weighted by Crippen LogP contribution is 2.45. The summed E-state index contributed by atoms with van der Waals surface area (Å²) in [6.45, 7) is 1.35. The highest BCUT2D eigenvalue weighted by Gasteiger charge is 2.44. The third-order valence-corrected chi connectivity index (χ3v) is 9.55. The second-order valence-electron chi connectivity index (χ2n) is 9.62. The lowest BCUT2D eigenvalue weighted by Crippen LogP contribution is -2.57. The zero-order chi connectivity index (χ0) is 26.8. The number of benzene rings is 1. The van der Waals surface area contributed by atoms with E-state index in [-0.39, 0.29) is 0 Å². The molecule has 7 rings (SSSR count). The number of thioether (sulfide) groups is 1. The molecule has 1 aliphatic heterocycles. The van der Waals surface area contributed by atoms with Crippen LogP contribution in [0, 0.1) is 6.92 Å². The van der Waals surface area contributed by atoms with Crippen molar-refractivity contribution >= 4 is 44.3 Å². The van der Waals surface area contributed by atoms with Gasteiger partial charge in [-0.3, -0.25) is 0 Å². The Morgan fingerprint density at radius 1 is 1.08 bits per heavy atom. The highest BCUT2D eigenvalue weighted by molar-refractivity contribution is 8.00. The number of nitrogens with zero attached hydrogens (tertiary/aromatic N) is 6. The molecule has 0 bridgehead atoms. The topological polar surface area (TPSA) is 160 Å². The molecule has 0 unspecified atom stereocenters. The molecular formula is C26H24N6O5S2. The van der Waals surface area contributed by atoms with Crippen LogP contribution >= 0.6 is 23.1 Å². The molecule has 4 aromatic heterocycles. The van der Waals surface area contributed by atoms with Crippen LogP contribution in [0.2, 0.25) is 0 Å². The number of aryl methyl sites for hydroxylation is 3. The molecule has 0 saturated carbocycles. The Morgan fingerprint density at radius 2 is 1.92 bits per heavy atom. The number of rotatable bonds is 4. The molecule has 0 spiro atoms. The smallest absolute Gasteiger partial charge is 0.169 e. The maximum atomic E-state index is 10.5. The predicted octanol–water partition coefficient (Wildman–Crippen LogP) is 1.79. The van der Waals surface area contributed by atoms with Gasteiger partial charge in [-0.1, -0.05) is 36.0 Å². The van der Waals surface area contributed by atoms with Crippen molar-refractivity contribution in [2.24, 2.45) is 0 Å². The molecule has 0 radical (unpaired) electrons. The first-order valence-electron chi connectivity index (χ1n) is 12.5. The standard InChI is InChI=1S/C26H24N6O5S2/c1-11-30-23(18-17-13-5-3-2-4-12(13)6-7-16(17)38-25(18)31-11)32-22-14(8-29-32)24(28-10-27-22)39-26-21(36)20(35)19(34)15(9-33)37-26/h2-5,8,10,15,19-21,26,33-36H,6-7,9H2,1H3/t15-,19-,20+,21-,26+/m1/s1.